The Labute approximate surface area is 169 Å². The molecule has 0 unspecified atom stereocenters. The Hall–Kier alpha value is -1.93. The Morgan fingerprint density at radius 2 is 1.64 bits per heavy atom. The quantitative estimate of drug-likeness (QED) is 0.557. The first-order valence-electron chi connectivity index (χ1n) is 8.85. The first kappa shape index (κ1) is 20.8. The molecule has 0 saturated carbocycles. The average molecular weight is 425 g/mol. The summed E-state index contributed by atoms with van der Waals surface area (Å²) < 4.78 is 48.2. The molecule has 0 saturated heterocycles. The highest BCUT2D eigenvalue weighted by Crippen LogP contribution is 2.28. The molecule has 150 valence electrons. The second kappa shape index (κ2) is 8.21. The maximum absolute atomic E-state index is 14.0. The largest absolute Gasteiger partial charge is 0.461 e. The summed E-state index contributed by atoms with van der Waals surface area (Å²) in [6.07, 6.45) is 0.651. The Balaban J connectivity index is 1.86. The van der Waals surface area contributed by atoms with Gasteiger partial charge in [0.15, 0.2) is 0 Å². The van der Waals surface area contributed by atoms with Crippen LogP contribution in [0.1, 0.15) is 23.8 Å². The summed E-state index contributed by atoms with van der Waals surface area (Å²) in [4.78, 5) is 0. The Bertz CT molecular complexity index is 1080. The van der Waals surface area contributed by atoms with Gasteiger partial charge in [-0.25, -0.2) is 4.39 Å². The van der Waals surface area contributed by atoms with E-state index < -0.39 is 16.0 Å². The fraction of sp³-hybridized carbons (Fsp3) is 0.300. The SMILES string of the molecule is CCc1oc2ccccc2c1CN(C)S(=O)(=O)N(C)Cc1c(F)cccc1Cl. The molecule has 0 aliphatic rings. The van der Waals surface area contributed by atoms with E-state index in [1.807, 2.05) is 31.2 Å². The van der Waals surface area contributed by atoms with Crippen LogP contribution in [0.5, 0.6) is 0 Å². The van der Waals surface area contributed by atoms with Gasteiger partial charge in [-0.3, -0.25) is 0 Å². The van der Waals surface area contributed by atoms with Crippen molar-refractivity contribution in [1.29, 1.82) is 0 Å². The minimum Gasteiger partial charge on any atom is -0.461 e. The van der Waals surface area contributed by atoms with Gasteiger partial charge in [-0.05, 0) is 18.2 Å². The molecule has 0 spiro atoms. The molecule has 0 N–H and O–H groups in total. The van der Waals surface area contributed by atoms with Gasteiger partial charge in [0.05, 0.1) is 0 Å². The van der Waals surface area contributed by atoms with Crippen molar-refractivity contribution in [1.82, 2.24) is 8.61 Å². The van der Waals surface area contributed by atoms with Crippen LogP contribution >= 0.6 is 11.6 Å². The predicted molar refractivity (Wildman–Crippen MR) is 109 cm³/mol. The number of furan rings is 1. The van der Waals surface area contributed by atoms with Crippen molar-refractivity contribution in [3.63, 3.8) is 0 Å². The van der Waals surface area contributed by atoms with Crippen molar-refractivity contribution in [2.75, 3.05) is 14.1 Å². The third-order valence-electron chi connectivity index (χ3n) is 4.71. The summed E-state index contributed by atoms with van der Waals surface area (Å²) in [6, 6.07) is 11.8. The number of para-hydroxylation sites is 1. The molecule has 0 radical (unpaired) electrons. The van der Waals surface area contributed by atoms with Crippen LogP contribution < -0.4 is 0 Å². The molecule has 0 amide bonds. The Morgan fingerprint density at radius 1 is 1.00 bits per heavy atom. The van der Waals surface area contributed by atoms with Crippen LogP contribution in [0.25, 0.3) is 11.0 Å². The van der Waals surface area contributed by atoms with Crippen molar-refractivity contribution >= 4 is 32.8 Å². The van der Waals surface area contributed by atoms with Crippen LogP contribution in [-0.4, -0.2) is 31.1 Å². The van der Waals surface area contributed by atoms with Gasteiger partial charge >= 0.3 is 0 Å². The molecule has 3 aromatic rings. The summed E-state index contributed by atoms with van der Waals surface area (Å²) in [5.41, 5.74) is 1.71. The molecule has 1 heterocycles. The molecule has 0 atom stereocenters. The van der Waals surface area contributed by atoms with Crippen LogP contribution in [0.4, 0.5) is 4.39 Å². The standard InChI is InChI=1S/C20H22ClFN2O3S/c1-4-19-15(14-8-5-6-11-20(14)27-19)12-23(2)28(25,26)24(3)13-16-17(21)9-7-10-18(16)22/h5-11H,4,12-13H2,1-3H3. The molecule has 0 bridgehead atoms. The second-order valence-electron chi connectivity index (χ2n) is 6.57. The van der Waals surface area contributed by atoms with E-state index >= 15 is 0 Å². The third kappa shape index (κ3) is 3.93. The van der Waals surface area contributed by atoms with Gasteiger partial charge < -0.3 is 4.42 Å². The van der Waals surface area contributed by atoms with Crippen LogP contribution in [-0.2, 0) is 29.7 Å². The van der Waals surface area contributed by atoms with Crippen LogP contribution in [0.15, 0.2) is 46.9 Å². The van der Waals surface area contributed by atoms with Crippen molar-refractivity contribution in [2.24, 2.45) is 0 Å². The van der Waals surface area contributed by atoms with E-state index in [0.717, 1.165) is 26.6 Å². The number of aryl methyl sites for hydroxylation is 1. The number of nitrogens with zero attached hydrogens (tertiary/aromatic N) is 2. The number of benzene rings is 2. The zero-order valence-electron chi connectivity index (χ0n) is 15.9. The number of hydrogen-bond donors (Lipinski definition) is 0. The molecule has 1 aromatic heterocycles. The minimum atomic E-state index is -3.84. The summed E-state index contributed by atoms with van der Waals surface area (Å²) >= 11 is 6.04. The zero-order chi connectivity index (χ0) is 20.5. The average Bonchev–Trinajstić information content (AvgIpc) is 3.02. The van der Waals surface area contributed by atoms with Crippen LogP contribution in [0.3, 0.4) is 0 Å². The van der Waals surface area contributed by atoms with Crippen molar-refractivity contribution in [3.05, 3.63) is 70.2 Å². The van der Waals surface area contributed by atoms with Gasteiger partial charge in [0, 0.05) is 55.1 Å². The fourth-order valence-electron chi connectivity index (χ4n) is 3.14. The predicted octanol–water partition coefficient (Wildman–Crippen LogP) is 4.60. The molecule has 3 rings (SSSR count). The highest BCUT2D eigenvalue weighted by molar-refractivity contribution is 7.86. The number of fused-ring (bicyclic) bond motifs is 1. The molecule has 2 aromatic carbocycles. The van der Waals surface area contributed by atoms with Crippen molar-refractivity contribution in [3.8, 4) is 0 Å². The maximum atomic E-state index is 14.0. The molecule has 0 fully saturated rings. The van der Waals surface area contributed by atoms with Crippen LogP contribution in [0, 0.1) is 5.82 Å². The lowest BCUT2D eigenvalue weighted by atomic mass is 10.1. The van der Waals surface area contributed by atoms with Crippen LogP contribution in [0.2, 0.25) is 5.02 Å². The van der Waals surface area contributed by atoms with Crippen molar-refractivity contribution < 1.29 is 17.2 Å². The van der Waals surface area contributed by atoms with E-state index in [4.69, 9.17) is 16.0 Å². The van der Waals surface area contributed by atoms with E-state index in [1.54, 1.807) is 0 Å². The topological polar surface area (TPSA) is 53.8 Å². The minimum absolute atomic E-state index is 0.145. The zero-order valence-corrected chi connectivity index (χ0v) is 17.5. The van der Waals surface area contributed by atoms with E-state index in [0.29, 0.717) is 6.42 Å². The van der Waals surface area contributed by atoms with Crippen molar-refractivity contribution in [2.45, 2.75) is 26.4 Å². The monoisotopic (exact) mass is 424 g/mol. The van der Waals surface area contributed by atoms with Gasteiger partial charge in [0.25, 0.3) is 10.2 Å². The lowest BCUT2D eigenvalue weighted by Crippen LogP contribution is -2.39. The fourth-order valence-corrected chi connectivity index (χ4v) is 4.42. The van der Waals surface area contributed by atoms with Gasteiger partial charge in [-0.1, -0.05) is 42.8 Å². The third-order valence-corrected chi connectivity index (χ3v) is 6.90. The molecule has 0 aliphatic carbocycles. The summed E-state index contributed by atoms with van der Waals surface area (Å²) in [5, 5.41) is 1.08. The highest BCUT2D eigenvalue weighted by Gasteiger charge is 2.27. The van der Waals surface area contributed by atoms with E-state index in [2.05, 4.69) is 0 Å². The number of halogens is 2. The van der Waals surface area contributed by atoms with Gasteiger partial charge in [-0.2, -0.15) is 17.0 Å². The molecular weight excluding hydrogens is 403 g/mol. The summed E-state index contributed by atoms with van der Waals surface area (Å²) in [7, 11) is -0.939. The van der Waals surface area contributed by atoms with Gasteiger partial charge in [0.1, 0.15) is 17.2 Å². The summed E-state index contributed by atoms with van der Waals surface area (Å²) in [6.45, 7) is 1.95. The first-order valence-corrected chi connectivity index (χ1v) is 10.6. The normalized spacial score (nSPS) is 12.4. The molecule has 0 aliphatic heterocycles. The first-order chi connectivity index (χ1) is 13.3. The highest BCUT2D eigenvalue weighted by atomic mass is 35.5. The van der Waals surface area contributed by atoms with E-state index in [9.17, 15) is 12.8 Å². The Kier molecular flexibility index (Phi) is 6.09. The molecule has 28 heavy (non-hydrogen) atoms. The van der Waals surface area contributed by atoms with E-state index in [1.165, 1.54) is 36.6 Å². The second-order valence-corrected chi connectivity index (χ2v) is 9.12. The molecular formula is C20H22ClFN2O3S. The lowest BCUT2D eigenvalue weighted by molar-refractivity contribution is 0.381. The van der Waals surface area contributed by atoms with Gasteiger partial charge in [0.2, 0.25) is 0 Å². The van der Waals surface area contributed by atoms with E-state index in [-0.39, 0.29) is 23.7 Å². The molecule has 5 nitrogen and oxygen atoms in total. The van der Waals surface area contributed by atoms with Gasteiger partial charge in [-0.15, -0.1) is 0 Å². The number of hydrogen-bond acceptors (Lipinski definition) is 3. The summed E-state index contributed by atoms with van der Waals surface area (Å²) in [5.74, 6) is 0.217. The smallest absolute Gasteiger partial charge is 0.282 e. The maximum Gasteiger partial charge on any atom is 0.282 e. The molecule has 8 heteroatoms. The Morgan fingerprint density at radius 3 is 2.29 bits per heavy atom. The number of rotatable bonds is 7. The lowest BCUT2D eigenvalue weighted by Gasteiger charge is -2.25.